The Labute approximate surface area is 180 Å². The van der Waals surface area contributed by atoms with Gasteiger partial charge in [-0.1, -0.05) is 17.7 Å². The van der Waals surface area contributed by atoms with Gasteiger partial charge in [0.15, 0.2) is 17.5 Å². The highest BCUT2D eigenvalue weighted by atomic mass is 127. The van der Waals surface area contributed by atoms with Crippen molar-refractivity contribution in [3.8, 4) is 17.2 Å². The van der Waals surface area contributed by atoms with Crippen LogP contribution in [-0.4, -0.2) is 44.5 Å². The third kappa shape index (κ3) is 6.62. The third-order valence-electron chi connectivity index (χ3n) is 3.73. The Bertz CT molecular complexity index is 759. The van der Waals surface area contributed by atoms with E-state index in [9.17, 15) is 0 Å². The van der Waals surface area contributed by atoms with Gasteiger partial charge in [-0.25, -0.2) is 4.98 Å². The molecule has 0 spiro atoms. The highest BCUT2D eigenvalue weighted by Gasteiger charge is 2.13. The molecule has 0 saturated carbocycles. The van der Waals surface area contributed by atoms with Crippen LogP contribution in [0.5, 0.6) is 17.2 Å². The predicted molar refractivity (Wildman–Crippen MR) is 116 cm³/mol. The van der Waals surface area contributed by atoms with Crippen LogP contribution in [0.15, 0.2) is 41.5 Å². The Balaban J connectivity index is 0.00000261. The molecule has 0 amide bonds. The first-order valence-corrected chi connectivity index (χ1v) is 8.70. The van der Waals surface area contributed by atoms with Crippen molar-refractivity contribution in [3.63, 3.8) is 0 Å². The van der Waals surface area contributed by atoms with Crippen LogP contribution in [0.3, 0.4) is 0 Å². The lowest BCUT2D eigenvalue weighted by atomic mass is 10.2. The molecule has 1 aliphatic rings. The van der Waals surface area contributed by atoms with Crippen LogP contribution in [0.1, 0.15) is 5.56 Å². The zero-order chi connectivity index (χ0) is 18.2. The smallest absolute Gasteiger partial charge is 0.231 e. The summed E-state index contributed by atoms with van der Waals surface area (Å²) in [5.74, 6) is 2.93. The molecule has 2 N–H and O–H groups in total. The van der Waals surface area contributed by atoms with Crippen LogP contribution in [-0.2, 0) is 6.42 Å². The normalized spacial score (nSPS) is 12.3. The Morgan fingerprint density at radius 1 is 1.19 bits per heavy atom. The SMILES string of the molecule is CN=C(NCCOc1ccc2c(c1)OCO2)NCCc1ccc(Cl)nc1.I. The van der Waals surface area contributed by atoms with Gasteiger partial charge < -0.3 is 24.8 Å². The van der Waals surface area contributed by atoms with E-state index in [2.05, 4.69) is 20.6 Å². The number of nitrogens with one attached hydrogen (secondary N) is 2. The first kappa shape index (κ1) is 21.4. The molecule has 9 heteroatoms. The Kier molecular flexibility index (Phi) is 8.73. The zero-order valence-electron chi connectivity index (χ0n) is 14.9. The van der Waals surface area contributed by atoms with Gasteiger partial charge in [-0.15, -0.1) is 24.0 Å². The topological polar surface area (TPSA) is 77.0 Å². The van der Waals surface area contributed by atoms with Crippen LogP contribution < -0.4 is 24.8 Å². The van der Waals surface area contributed by atoms with E-state index in [4.69, 9.17) is 25.8 Å². The highest BCUT2D eigenvalue weighted by molar-refractivity contribution is 14.0. The maximum Gasteiger partial charge on any atom is 0.231 e. The molecule has 146 valence electrons. The molecular weight excluding hydrogens is 483 g/mol. The molecule has 1 aromatic heterocycles. The molecule has 0 fully saturated rings. The molecule has 2 heterocycles. The van der Waals surface area contributed by atoms with Crippen molar-refractivity contribution in [2.24, 2.45) is 4.99 Å². The van der Waals surface area contributed by atoms with E-state index in [1.54, 1.807) is 19.3 Å². The van der Waals surface area contributed by atoms with Gasteiger partial charge >= 0.3 is 0 Å². The number of ether oxygens (including phenoxy) is 3. The van der Waals surface area contributed by atoms with Crippen LogP contribution in [0, 0.1) is 0 Å². The molecule has 0 atom stereocenters. The lowest BCUT2D eigenvalue weighted by Gasteiger charge is -2.12. The number of hydrogen-bond donors (Lipinski definition) is 2. The minimum atomic E-state index is 0. The van der Waals surface area contributed by atoms with E-state index in [1.807, 2.05) is 24.3 Å². The number of halogens is 2. The van der Waals surface area contributed by atoms with Crippen molar-refractivity contribution in [1.82, 2.24) is 15.6 Å². The van der Waals surface area contributed by atoms with E-state index < -0.39 is 0 Å². The first-order chi connectivity index (χ1) is 12.7. The van der Waals surface area contributed by atoms with Crippen LogP contribution in [0.4, 0.5) is 0 Å². The molecule has 1 aliphatic heterocycles. The number of guanidine groups is 1. The third-order valence-corrected chi connectivity index (χ3v) is 3.95. The predicted octanol–water partition coefficient (Wildman–Crippen LogP) is 2.87. The van der Waals surface area contributed by atoms with Crippen molar-refractivity contribution in [2.75, 3.05) is 33.5 Å². The van der Waals surface area contributed by atoms with E-state index in [0.29, 0.717) is 24.1 Å². The average molecular weight is 505 g/mol. The van der Waals surface area contributed by atoms with E-state index in [1.165, 1.54) is 0 Å². The summed E-state index contributed by atoms with van der Waals surface area (Å²) < 4.78 is 16.3. The molecule has 2 aromatic rings. The molecule has 0 unspecified atom stereocenters. The Hall–Kier alpha value is -1.94. The number of hydrogen-bond acceptors (Lipinski definition) is 5. The average Bonchev–Trinajstić information content (AvgIpc) is 3.13. The molecular formula is C18H22ClIN4O3. The van der Waals surface area contributed by atoms with Crippen molar-refractivity contribution in [3.05, 3.63) is 47.2 Å². The standard InChI is InChI=1S/C18H21ClN4O3.HI/c1-20-18(21-7-6-13-2-5-17(19)23-11-13)22-8-9-24-14-3-4-15-16(10-14)26-12-25-15;/h2-5,10-11H,6-9,12H2,1H3,(H2,20,21,22);1H. The molecule has 1 aromatic carbocycles. The first-order valence-electron chi connectivity index (χ1n) is 8.32. The summed E-state index contributed by atoms with van der Waals surface area (Å²) in [7, 11) is 1.73. The Morgan fingerprint density at radius 3 is 2.78 bits per heavy atom. The fourth-order valence-electron chi connectivity index (χ4n) is 2.41. The van der Waals surface area contributed by atoms with Gasteiger partial charge in [0.1, 0.15) is 17.5 Å². The van der Waals surface area contributed by atoms with Gasteiger partial charge in [0, 0.05) is 25.9 Å². The van der Waals surface area contributed by atoms with Crippen molar-refractivity contribution >= 4 is 41.5 Å². The van der Waals surface area contributed by atoms with Gasteiger partial charge in [-0.2, -0.15) is 0 Å². The lowest BCUT2D eigenvalue weighted by Crippen LogP contribution is -2.40. The van der Waals surface area contributed by atoms with Crippen LogP contribution >= 0.6 is 35.6 Å². The monoisotopic (exact) mass is 504 g/mol. The second kappa shape index (κ2) is 11.0. The summed E-state index contributed by atoms with van der Waals surface area (Å²) in [6.45, 7) is 2.12. The molecule has 0 saturated heterocycles. The summed E-state index contributed by atoms with van der Waals surface area (Å²) in [5.41, 5.74) is 1.11. The minimum Gasteiger partial charge on any atom is -0.492 e. The summed E-state index contributed by atoms with van der Waals surface area (Å²) >= 11 is 5.78. The van der Waals surface area contributed by atoms with Gasteiger partial charge in [-0.3, -0.25) is 4.99 Å². The van der Waals surface area contributed by atoms with Gasteiger partial charge in [-0.05, 0) is 30.2 Å². The Morgan fingerprint density at radius 2 is 2.00 bits per heavy atom. The number of pyridine rings is 1. The quantitative estimate of drug-likeness (QED) is 0.199. The second-order valence-corrected chi connectivity index (χ2v) is 5.92. The van der Waals surface area contributed by atoms with E-state index in [0.717, 1.165) is 36.0 Å². The number of aromatic nitrogens is 1. The lowest BCUT2D eigenvalue weighted by molar-refractivity contribution is 0.173. The van der Waals surface area contributed by atoms with E-state index in [-0.39, 0.29) is 30.8 Å². The molecule has 0 aliphatic carbocycles. The van der Waals surface area contributed by atoms with Gasteiger partial charge in [0.25, 0.3) is 0 Å². The van der Waals surface area contributed by atoms with Crippen molar-refractivity contribution in [1.29, 1.82) is 0 Å². The number of rotatable bonds is 7. The molecule has 3 rings (SSSR count). The summed E-state index contributed by atoms with van der Waals surface area (Å²) in [4.78, 5) is 8.26. The molecule has 27 heavy (non-hydrogen) atoms. The number of nitrogens with zero attached hydrogens (tertiary/aromatic N) is 2. The van der Waals surface area contributed by atoms with Crippen LogP contribution in [0.25, 0.3) is 0 Å². The van der Waals surface area contributed by atoms with Crippen molar-refractivity contribution < 1.29 is 14.2 Å². The summed E-state index contributed by atoms with van der Waals surface area (Å²) in [5, 5.41) is 6.96. The fourth-order valence-corrected chi connectivity index (χ4v) is 2.52. The number of fused-ring (bicyclic) bond motifs is 1. The molecule has 0 radical (unpaired) electrons. The van der Waals surface area contributed by atoms with Gasteiger partial charge in [0.05, 0.1) is 6.54 Å². The maximum atomic E-state index is 5.78. The summed E-state index contributed by atoms with van der Waals surface area (Å²) in [6, 6.07) is 9.29. The highest BCUT2D eigenvalue weighted by Crippen LogP contribution is 2.34. The minimum absolute atomic E-state index is 0. The van der Waals surface area contributed by atoms with E-state index >= 15 is 0 Å². The largest absolute Gasteiger partial charge is 0.492 e. The maximum absolute atomic E-state index is 5.78. The summed E-state index contributed by atoms with van der Waals surface area (Å²) in [6.07, 6.45) is 2.61. The second-order valence-electron chi connectivity index (χ2n) is 5.53. The van der Waals surface area contributed by atoms with Gasteiger partial charge in [0.2, 0.25) is 6.79 Å². The fraction of sp³-hybridized carbons (Fsp3) is 0.333. The number of benzene rings is 1. The zero-order valence-corrected chi connectivity index (χ0v) is 18.0. The van der Waals surface area contributed by atoms with Crippen LogP contribution in [0.2, 0.25) is 5.15 Å². The molecule has 7 nitrogen and oxygen atoms in total. The van der Waals surface area contributed by atoms with Crippen molar-refractivity contribution in [2.45, 2.75) is 6.42 Å². The number of aliphatic imine (C=N–C) groups is 1. The molecule has 0 bridgehead atoms.